The fourth-order valence-electron chi connectivity index (χ4n) is 2.30. The van der Waals surface area contributed by atoms with Crippen molar-refractivity contribution in [2.45, 2.75) is 26.9 Å². The maximum absolute atomic E-state index is 11.4. The van der Waals surface area contributed by atoms with Gasteiger partial charge in [-0.15, -0.1) is 0 Å². The number of methoxy groups -OCH3 is 1. The number of hydrogen-bond acceptors (Lipinski definition) is 3. The molecule has 0 saturated heterocycles. The molecule has 0 aliphatic rings. The molecular formula is C20H22O3. The van der Waals surface area contributed by atoms with Gasteiger partial charge in [-0.05, 0) is 47.7 Å². The molecule has 0 amide bonds. The summed E-state index contributed by atoms with van der Waals surface area (Å²) < 4.78 is 10.5. The number of esters is 1. The monoisotopic (exact) mass is 310 g/mol. The molecule has 0 heterocycles. The third-order valence-electron chi connectivity index (χ3n) is 3.67. The van der Waals surface area contributed by atoms with E-state index in [9.17, 15) is 4.79 Å². The lowest BCUT2D eigenvalue weighted by atomic mass is 10.0. The predicted octanol–water partition coefficient (Wildman–Crippen LogP) is 4.54. The topological polar surface area (TPSA) is 35.5 Å². The van der Waals surface area contributed by atoms with Crippen LogP contribution in [-0.4, -0.2) is 13.1 Å². The van der Waals surface area contributed by atoms with Gasteiger partial charge in [-0.2, -0.15) is 0 Å². The van der Waals surface area contributed by atoms with Gasteiger partial charge in [0, 0.05) is 5.57 Å². The van der Waals surface area contributed by atoms with E-state index in [0.717, 1.165) is 28.9 Å². The minimum absolute atomic E-state index is 0.259. The number of carbonyl (C=O) groups is 1. The Morgan fingerprint density at radius 3 is 2.30 bits per heavy atom. The van der Waals surface area contributed by atoms with Crippen LogP contribution in [0.3, 0.4) is 0 Å². The normalized spacial score (nSPS) is 10.2. The highest BCUT2D eigenvalue weighted by Gasteiger charge is 2.06. The second kappa shape index (κ2) is 7.63. The molecule has 0 unspecified atom stereocenters. The van der Waals surface area contributed by atoms with E-state index in [4.69, 9.17) is 9.47 Å². The van der Waals surface area contributed by atoms with Gasteiger partial charge in [0.05, 0.1) is 7.11 Å². The molecule has 0 fully saturated rings. The third kappa shape index (κ3) is 4.22. The van der Waals surface area contributed by atoms with Crippen LogP contribution in [0.25, 0.3) is 11.1 Å². The summed E-state index contributed by atoms with van der Waals surface area (Å²) in [6.07, 6.45) is 0.923. The maximum Gasteiger partial charge on any atom is 0.333 e. The van der Waals surface area contributed by atoms with Crippen LogP contribution >= 0.6 is 0 Å². The lowest BCUT2D eigenvalue weighted by Crippen LogP contribution is -2.04. The highest BCUT2D eigenvalue weighted by molar-refractivity contribution is 5.86. The smallest absolute Gasteiger partial charge is 0.333 e. The lowest BCUT2D eigenvalue weighted by Gasteiger charge is -2.10. The van der Waals surface area contributed by atoms with E-state index in [1.165, 1.54) is 5.56 Å². The second-order valence-electron chi connectivity index (χ2n) is 5.43. The second-order valence-corrected chi connectivity index (χ2v) is 5.43. The molecule has 3 nitrogen and oxygen atoms in total. The van der Waals surface area contributed by atoms with Gasteiger partial charge in [-0.25, -0.2) is 4.79 Å². The van der Waals surface area contributed by atoms with Gasteiger partial charge in [-0.3, -0.25) is 0 Å². The fraction of sp³-hybridized carbons (Fsp3) is 0.250. The molecule has 0 atom stereocenters. The molecule has 120 valence electrons. The summed E-state index contributed by atoms with van der Waals surface area (Å²) in [5.41, 5.74) is 4.81. The zero-order valence-corrected chi connectivity index (χ0v) is 13.9. The number of aryl methyl sites for hydroxylation is 1. The summed E-state index contributed by atoms with van der Waals surface area (Å²) in [7, 11) is 1.69. The van der Waals surface area contributed by atoms with Crippen molar-refractivity contribution in [3.8, 4) is 16.9 Å². The summed E-state index contributed by atoms with van der Waals surface area (Å²) in [6.45, 7) is 7.58. The van der Waals surface area contributed by atoms with Gasteiger partial charge in [-0.1, -0.05) is 43.8 Å². The van der Waals surface area contributed by atoms with Crippen molar-refractivity contribution in [1.82, 2.24) is 0 Å². The van der Waals surface area contributed by atoms with Crippen LogP contribution in [0.2, 0.25) is 0 Å². The number of benzene rings is 2. The van der Waals surface area contributed by atoms with Crippen LogP contribution in [0.4, 0.5) is 0 Å². The van der Waals surface area contributed by atoms with Gasteiger partial charge < -0.3 is 9.47 Å². The molecule has 23 heavy (non-hydrogen) atoms. The molecule has 0 aliphatic carbocycles. The Labute approximate surface area is 137 Å². The van der Waals surface area contributed by atoms with Gasteiger partial charge in [0.2, 0.25) is 0 Å². The average Bonchev–Trinajstić information content (AvgIpc) is 2.59. The molecule has 2 aromatic rings. The van der Waals surface area contributed by atoms with Gasteiger partial charge >= 0.3 is 5.97 Å². The Morgan fingerprint density at radius 2 is 1.74 bits per heavy atom. The summed E-state index contributed by atoms with van der Waals surface area (Å²) >= 11 is 0. The van der Waals surface area contributed by atoms with Crippen molar-refractivity contribution >= 4 is 5.97 Å². The van der Waals surface area contributed by atoms with E-state index < -0.39 is 0 Å². The van der Waals surface area contributed by atoms with Crippen molar-refractivity contribution in [2.24, 2.45) is 0 Å². The zero-order valence-electron chi connectivity index (χ0n) is 13.9. The summed E-state index contributed by atoms with van der Waals surface area (Å²) in [6, 6.07) is 14.2. The van der Waals surface area contributed by atoms with E-state index >= 15 is 0 Å². The zero-order chi connectivity index (χ0) is 16.8. The standard InChI is InChI=1S/C20H22O3/c1-5-16-12-18(10-11-19(16)22-4)17-8-6-15(7-9-17)13-23-20(21)14(2)3/h6-12H,2,5,13H2,1,3-4H3. The molecule has 2 aromatic carbocycles. The first-order chi connectivity index (χ1) is 11.0. The average molecular weight is 310 g/mol. The molecule has 0 N–H and O–H groups in total. The minimum atomic E-state index is -0.364. The maximum atomic E-state index is 11.4. The van der Waals surface area contributed by atoms with Gasteiger partial charge in [0.1, 0.15) is 12.4 Å². The number of hydrogen-bond donors (Lipinski definition) is 0. The summed E-state index contributed by atoms with van der Waals surface area (Å²) in [4.78, 5) is 11.4. The minimum Gasteiger partial charge on any atom is -0.496 e. The van der Waals surface area contributed by atoms with Crippen molar-refractivity contribution in [2.75, 3.05) is 7.11 Å². The molecule has 0 bridgehead atoms. The Bertz CT molecular complexity index is 699. The molecule has 3 heteroatoms. The van der Waals surface area contributed by atoms with Crippen molar-refractivity contribution in [1.29, 1.82) is 0 Å². The predicted molar refractivity (Wildman–Crippen MR) is 92.4 cm³/mol. The Kier molecular flexibility index (Phi) is 5.58. The van der Waals surface area contributed by atoms with Crippen molar-refractivity contribution < 1.29 is 14.3 Å². The first kappa shape index (κ1) is 16.8. The number of ether oxygens (including phenoxy) is 2. The molecule has 0 saturated carbocycles. The molecule has 0 aliphatic heterocycles. The molecule has 2 rings (SSSR count). The van der Waals surface area contributed by atoms with Crippen LogP contribution in [0.5, 0.6) is 5.75 Å². The van der Waals surface area contributed by atoms with Crippen LogP contribution in [-0.2, 0) is 22.6 Å². The van der Waals surface area contributed by atoms with Crippen LogP contribution in [0, 0.1) is 0 Å². The Hall–Kier alpha value is -2.55. The quantitative estimate of drug-likeness (QED) is 0.580. The number of carbonyl (C=O) groups excluding carboxylic acids is 1. The lowest BCUT2D eigenvalue weighted by molar-refractivity contribution is -0.140. The van der Waals surface area contributed by atoms with Crippen LogP contribution in [0.1, 0.15) is 25.0 Å². The van der Waals surface area contributed by atoms with Gasteiger partial charge in [0.25, 0.3) is 0 Å². The third-order valence-corrected chi connectivity index (χ3v) is 3.67. The highest BCUT2D eigenvalue weighted by Crippen LogP contribution is 2.27. The molecule has 0 radical (unpaired) electrons. The van der Waals surface area contributed by atoms with Crippen LogP contribution < -0.4 is 4.74 Å². The van der Waals surface area contributed by atoms with E-state index in [1.807, 2.05) is 36.4 Å². The van der Waals surface area contributed by atoms with Crippen LogP contribution in [0.15, 0.2) is 54.6 Å². The first-order valence-corrected chi connectivity index (χ1v) is 7.64. The highest BCUT2D eigenvalue weighted by atomic mass is 16.5. The first-order valence-electron chi connectivity index (χ1n) is 7.64. The van der Waals surface area contributed by atoms with E-state index in [0.29, 0.717) is 5.57 Å². The van der Waals surface area contributed by atoms with Gasteiger partial charge in [0.15, 0.2) is 0 Å². The van der Waals surface area contributed by atoms with E-state index in [1.54, 1.807) is 14.0 Å². The summed E-state index contributed by atoms with van der Waals surface area (Å²) in [5.74, 6) is 0.552. The van der Waals surface area contributed by atoms with Crippen molar-refractivity contribution in [3.05, 3.63) is 65.7 Å². The summed E-state index contributed by atoms with van der Waals surface area (Å²) in [5, 5.41) is 0. The molecular weight excluding hydrogens is 288 g/mol. The SMILES string of the molecule is C=C(C)C(=O)OCc1ccc(-c2ccc(OC)c(CC)c2)cc1. The molecule has 0 aromatic heterocycles. The Morgan fingerprint density at radius 1 is 1.09 bits per heavy atom. The Balaban J connectivity index is 2.13. The van der Waals surface area contributed by atoms with Crippen molar-refractivity contribution in [3.63, 3.8) is 0 Å². The fourth-order valence-corrected chi connectivity index (χ4v) is 2.30. The molecule has 0 spiro atoms. The number of rotatable bonds is 6. The van der Waals surface area contributed by atoms with E-state index in [2.05, 4.69) is 19.6 Å². The van der Waals surface area contributed by atoms with E-state index in [-0.39, 0.29) is 12.6 Å². The largest absolute Gasteiger partial charge is 0.496 e.